The maximum atomic E-state index is 12.0. The van der Waals surface area contributed by atoms with Gasteiger partial charge in [-0.1, -0.05) is 35.9 Å². The number of halogens is 4. The molecule has 0 unspecified atom stereocenters. The van der Waals surface area contributed by atoms with Crippen molar-refractivity contribution < 1.29 is 17.9 Å². The van der Waals surface area contributed by atoms with Gasteiger partial charge >= 0.3 is 6.36 Å². The van der Waals surface area contributed by atoms with Crippen LogP contribution in [0.3, 0.4) is 0 Å². The standard InChI is InChI=1S/C14H11ClF3NO/c15-13-7-10(1-2-11(13)8-19)9-3-5-12(6-4-9)20-14(16,17)18/h1-7H,8,19H2. The molecular weight excluding hydrogens is 291 g/mol. The van der Waals surface area contributed by atoms with Crippen molar-refractivity contribution in [2.24, 2.45) is 5.73 Å². The number of hydrogen-bond acceptors (Lipinski definition) is 2. The molecule has 0 amide bonds. The van der Waals surface area contributed by atoms with Crippen molar-refractivity contribution in [2.75, 3.05) is 0 Å². The molecule has 6 heteroatoms. The number of ether oxygens (including phenoxy) is 1. The molecule has 106 valence electrons. The predicted octanol–water partition coefficient (Wildman–Crippen LogP) is 4.36. The summed E-state index contributed by atoms with van der Waals surface area (Å²) in [6.07, 6.45) is -4.69. The monoisotopic (exact) mass is 301 g/mol. The predicted molar refractivity (Wildman–Crippen MR) is 71.5 cm³/mol. The van der Waals surface area contributed by atoms with Crippen molar-refractivity contribution in [3.8, 4) is 16.9 Å². The van der Waals surface area contributed by atoms with Crippen molar-refractivity contribution in [1.29, 1.82) is 0 Å². The first kappa shape index (κ1) is 14.7. The largest absolute Gasteiger partial charge is 0.573 e. The van der Waals surface area contributed by atoms with E-state index in [2.05, 4.69) is 4.74 Å². The second kappa shape index (κ2) is 5.73. The lowest BCUT2D eigenvalue weighted by Crippen LogP contribution is -2.16. The Kier molecular flexibility index (Phi) is 4.20. The van der Waals surface area contributed by atoms with Crippen molar-refractivity contribution in [3.63, 3.8) is 0 Å². The maximum absolute atomic E-state index is 12.0. The quantitative estimate of drug-likeness (QED) is 0.914. The Hall–Kier alpha value is -1.72. The van der Waals surface area contributed by atoms with Gasteiger partial charge < -0.3 is 10.5 Å². The van der Waals surface area contributed by atoms with Crippen LogP contribution in [0.15, 0.2) is 42.5 Å². The molecule has 0 spiro atoms. The van der Waals surface area contributed by atoms with Crippen molar-refractivity contribution in [1.82, 2.24) is 0 Å². The zero-order chi connectivity index (χ0) is 14.8. The van der Waals surface area contributed by atoms with Crippen LogP contribution in [0.1, 0.15) is 5.56 Å². The average Bonchev–Trinajstić information content (AvgIpc) is 2.37. The van der Waals surface area contributed by atoms with Crippen LogP contribution in [0.5, 0.6) is 5.75 Å². The molecule has 0 saturated carbocycles. The van der Waals surface area contributed by atoms with Gasteiger partial charge in [0.2, 0.25) is 0 Å². The number of benzene rings is 2. The molecule has 2 aromatic carbocycles. The first-order chi connectivity index (χ1) is 9.39. The molecule has 0 radical (unpaired) electrons. The zero-order valence-electron chi connectivity index (χ0n) is 10.2. The van der Waals surface area contributed by atoms with Gasteiger partial charge in [0.25, 0.3) is 0 Å². The van der Waals surface area contributed by atoms with Gasteiger partial charge in [-0.05, 0) is 34.9 Å². The summed E-state index contributed by atoms with van der Waals surface area (Å²) in [5.74, 6) is -0.258. The van der Waals surface area contributed by atoms with Gasteiger partial charge in [-0.2, -0.15) is 0 Å². The molecule has 0 atom stereocenters. The molecule has 2 nitrogen and oxygen atoms in total. The van der Waals surface area contributed by atoms with Crippen LogP contribution in [0.25, 0.3) is 11.1 Å². The highest BCUT2D eigenvalue weighted by Crippen LogP contribution is 2.28. The van der Waals surface area contributed by atoms with Crippen LogP contribution in [0.2, 0.25) is 5.02 Å². The lowest BCUT2D eigenvalue weighted by molar-refractivity contribution is -0.274. The van der Waals surface area contributed by atoms with E-state index >= 15 is 0 Å². The SMILES string of the molecule is NCc1ccc(-c2ccc(OC(F)(F)F)cc2)cc1Cl. The van der Waals surface area contributed by atoms with E-state index in [4.69, 9.17) is 17.3 Å². The van der Waals surface area contributed by atoms with Crippen LogP contribution in [0.4, 0.5) is 13.2 Å². The van der Waals surface area contributed by atoms with E-state index in [-0.39, 0.29) is 5.75 Å². The smallest absolute Gasteiger partial charge is 0.406 e. The fourth-order valence-corrected chi connectivity index (χ4v) is 2.00. The molecule has 2 rings (SSSR count). The Labute approximate surface area is 118 Å². The first-order valence-corrected chi connectivity index (χ1v) is 6.11. The lowest BCUT2D eigenvalue weighted by atomic mass is 10.0. The van der Waals surface area contributed by atoms with E-state index in [9.17, 15) is 13.2 Å². The number of hydrogen-bond donors (Lipinski definition) is 1. The van der Waals surface area contributed by atoms with Crippen molar-refractivity contribution in [3.05, 3.63) is 53.1 Å². The topological polar surface area (TPSA) is 35.2 Å². The number of rotatable bonds is 3. The Balaban J connectivity index is 2.24. The van der Waals surface area contributed by atoms with Gasteiger partial charge in [0.1, 0.15) is 5.75 Å². The highest BCUT2D eigenvalue weighted by molar-refractivity contribution is 6.31. The highest BCUT2D eigenvalue weighted by Gasteiger charge is 2.30. The summed E-state index contributed by atoms with van der Waals surface area (Å²) in [7, 11) is 0. The van der Waals surface area contributed by atoms with E-state index in [1.165, 1.54) is 24.3 Å². The van der Waals surface area contributed by atoms with E-state index in [0.29, 0.717) is 11.6 Å². The summed E-state index contributed by atoms with van der Waals surface area (Å²) < 4.78 is 40.0. The van der Waals surface area contributed by atoms with Gasteiger partial charge in [-0.15, -0.1) is 13.2 Å². The van der Waals surface area contributed by atoms with Crippen LogP contribution >= 0.6 is 11.6 Å². The lowest BCUT2D eigenvalue weighted by Gasteiger charge is -2.10. The summed E-state index contributed by atoms with van der Waals surface area (Å²) in [5, 5.41) is 0.528. The van der Waals surface area contributed by atoms with E-state index in [0.717, 1.165) is 16.7 Å². The summed E-state index contributed by atoms with van der Waals surface area (Å²) in [5.41, 5.74) is 7.86. The van der Waals surface area contributed by atoms with Gasteiger partial charge in [0.15, 0.2) is 0 Å². The van der Waals surface area contributed by atoms with E-state index < -0.39 is 6.36 Å². The first-order valence-electron chi connectivity index (χ1n) is 5.74. The Morgan fingerprint density at radius 2 is 1.60 bits per heavy atom. The van der Waals surface area contributed by atoms with Crippen LogP contribution in [-0.4, -0.2) is 6.36 Å². The Morgan fingerprint density at radius 1 is 1.00 bits per heavy atom. The van der Waals surface area contributed by atoms with Crippen LogP contribution in [-0.2, 0) is 6.54 Å². The number of alkyl halides is 3. The Bertz CT molecular complexity index is 596. The summed E-state index contributed by atoms with van der Waals surface area (Å²) >= 11 is 6.04. The molecule has 0 aromatic heterocycles. The molecule has 0 saturated heterocycles. The molecule has 0 heterocycles. The minimum atomic E-state index is -4.69. The molecule has 20 heavy (non-hydrogen) atoms. The minimum Gasteiger partial charge on any atom is -0.406 e. The average molecular weight is 302 g/mol. The molecule has 0 aliphatic rings. The molecule has 0 aliphatic carbocycles. The third-order valence-corrected chi connectivity index (χ3v) is 3.05. The van der Waals surface area contributed by atoms with Crippen molar-refractivity contribution >= 4 is 11.6 Å². The molecule has 0 aliphatic heterocycles. The van der Waals surface area contributed by atoms with Crippen molar-refractivity contribution in [2.45, 2.75) is 12.9 Å². The van der Waals surface area contributed by atoms with Gasteiger partial charge in [0.05, 0.1) is 0 Å². The fraction of sp³-hybridized carbons (Fsp3) is 0.143. The Morgan fingerprint density at radius 3 is 2.10 bits per heavy atom. The second-order valence-electron chi connectivity index (χ2n) is 4.08. The third-order valence-electron chi connectivity index (χ3n) is 2.69. The maximum Gasteiger partial charge on any atom is 0.573 e. The number of nitrogens with two attached hydrogens (primary N) is 1. The highest BCUT2D eigenvalue weighted by atomic mass is 35.5. The van der Waals surface area contributed by atoms with Gasteiger partial charge in [0, 0.05) is 11.6 Å². The molecule has 2 N–H and O–H groups in total. The molecule has 2 aromatic rings. The normalized spacial score (nSPS) is 11.4. The molecular formula is C14H11ClF3NO. The van der Waals surface area contributed by atoms with Gasteiger partial charge in [-0.25, -0.2) is 0 Å². The fourth-order valence-electron chi connectivity index (χ4n) is 1.74. The molecule has 0 fully saturated rings. The van der Waals surface area contributed by atoms with Gasteiger partial charge in [-0.3, -0.25) is 0 Å². The summed E-state index contributed by atoms with van der Waals surface area (Å²) in [6, 6.07) is 10.9. The van der Waals surface area contributed by atoms with E-state index in [1.807, 2.05) is 6.07 Å². The zero-order valence-corrected chi connectivity index (χ0v) is 11.0. The van der Waals surface area contributed by atoms with Crippen LogP contribution < -0.4 is 10.5 Å². The minimum absolute atomic E-state index is 0.258. The molecule has 0 bridgehead atoms. The summed E-state index contributed by atoms with van der Waals surface area (Å²) in [4.78, 5) is 0. The van der Waals surface area contributed by atoms with E-state index in [1.54, 1.807) is 12.1 Å². The third kappa shape index (κ3) is 3.65. The summed E-state index contributed by atoms with van der Waals surface area (Å²) in [6.45, 7) is 0.331. The second-order valence-corrected chi connectivity index (χ2v) is 4.49. The van der Waals surface area contributed by atoms with Crippen LogP contribution in [0, 0.1) is 0 Å².